The lowest BCUT2D eigenvalue weighted by Gasteiger charge is -2.16. The van der Waals surface area contributed by atoms with Gasteiger partial charge in [0.1, 0.15) is 11.9 Å². The highest BCUT2D eigenvalue weighted by Gasteiger charge is 2.17. The third kappa shape index (κ3) is 3.83. The molecule has 0 amide bonds. The third-order valence-corrected chi connectivity index (χ3v) is 2.29. The van der Waals surface area contributed by atoms with Crippen LogP contribution in [0.2, 0.25) is 0 Å². The summed E-state index contributed by atoms with van der Waals surface area (Å²) in [6.45, 7) is 1.56. The van der Waals surface area contributed by atoms with Gasteiger partial charge in [-0.3, -0.25) is 0 Å². The van der Waals surface area contributed by atoms with Crippen LogP contribution in [0.4, 0.5) is 13.2 Å². The van der Waals surface area contributed by atoms with Crippen LogP contribution in [0.5, 0.6) is 0 Å². The van der Waals surface area contributed by atoms with Crippen molar-refractivity contribution in [2.75, 3.05) is 6.54 Å². The van der Waals surface area contributed by atoms with Crippen molar-refractivity contribution in [2.45, 2.75) is 25.5 Å². The van der Waals surface area contributed by atoms with Gasteiger partial charge >= 0.3 is 0 Å². The number of halogens is 3. The molecule has 1 rings (SSSR count). The highest BCUT2D eigenvalue weighted by atomic mass is 19.3. The van der Waals surface area contributed by atoms with Crippen molar-refractivity contribution in [3.05, 3.63) is 35.6 Å². The first-order chi connectivity index (χ1) is 7.50. The van der Waals surface area contributed by atoms with E-state index in [1.54, 1.807) is 19.1 Å². The summed E-state index contributed by atoms with van der Waals surface area (Å²) in [5.74, 6) is -0.344. The van der Waals surface area contributed by atoms with Gasteiger partial charge in [0.25, 0.3) is 6.43 Å². The average molecular weight is 233 g/mol. The Balaban J connectivity index is 2.46. The summed E-state index contributed by atoms with van der Waals surface area (Å²) in [6, 6.07) is 5.53. The molecule has 2 unspecified atom stereocenters. The van der Waals surface area contributed by atoms with E-state index in [-0.39, 0.29) is 18.4 Å². The summed E-state index contributed by atoms with van der Waals surface area (Å²) >= 11 is 0. The predicted octanol–water partition coefficient (Wildman–Crippen LogP) is 2.10. The smallest absolute Gasteiger partial charge is 0.265 e. The van der Waals surface area contributed by atoms with E-state index < -0.39 is 12.5 Å². The summed E-state index contributed by atoms with van der Waals surface area (Å²) in [5, 5.41) is 11.6. The van der Waals surface area contributed by atoms with Crippen molar-refractivity contribution in [2.24, 2.45) is 0 Å². The van der Waals surface area contributed by atoms with Gasteiger partial charge in [-0.25, -0.2) is 13.2 Å². The van der Waals surface area contributed by atoms with Crippen molar-refractivity contribution in [3.8, 4) is 0 Å². The average Bonchev–Trinajstić information content (AvgIpc) is 2.26. The third-order valence-electron chi connectivity index (χ3n) is 2.29. The maximum absolute atomic E-state index is 12.6. The maximum Gasteiger partial charge on any atom is 0.265 e. The monoisotopic (exact) mass is 233 g/mol. The van der Waals surface area contributed by atoms with Crippen LogP contribution in [0, 0.1) is 5.82 Å². The molecule has 0 radical (unpaired) electrons. The number of hydrogen-bond acceptors (Lipinski definition) is 2. The lowest BCUT2D eigenvalue weighted by molar-refractivity contribution is -0.00439. The lowest BCUT2D eigenvalue weighted by Crippen LogP contribution is -2.33. The van der Waals surface area contributed by atoms with Crippen LogP contribution in [0.25, 0.3) is 0 Å². The molecule has 0 aromatic heterocycles. The number of alkyl halides is 2. The standard InChI is InChI=1S/C11H14F3NO/c1-7(15-6-10(16)11(13)14)8-2-4-9(12)5-3-8/h2-5,7,10-11,15-16H,6H2,1H3. The molecule has 16 heavy (non-hydrogen) atoms. The molecule has 0 heterocycles. The second-order valence-electron chi connectivity index (χ2n) is 3.58. The molecule has 0 saturated heterocycles. The second-order valence-corrected chi connectivity index (χ2v) is 3.58. The van der Waals surface area contributed by atoms with Gasteiger partial charge in [-0.15, -0.1) is 0 Å². The van der Waals surface area contributed by atoms with E-state index in [4.69, 9.17) is 5.11 Å². The predicted molar refractivity (Wildman–Crippen MR) is 54.8 cm³/mol. The Labute approximate surface area is 92.1 Å². The highest BCUT2D eigenvalue weighted by Crippen LogP contribution is 2.13. The Bertz CT molecular complexity index is 316. The number of aliphatic hydroxyl groups excluding tert-OH is 1. The SMILES string of the molecule is CC(NCC(O)C(F)F)c1ccc(F)cc1. The zero-order valence-electron chi connectivity index (χ0n) is 8.83. The summed E-state index contributed by atoms with van der Waals surface area (Å²) in [6.07, 6.45) is -4.43. The number of aliphatic hydroxyl groups is 1. The molecule has 2 nitrogen and oxygen atoms in total. The first-order valence-electron chi connectivity index (χ1n) is 4.95. The van der Waals surface area contributed by atoms with E-state index in [2.05, 4.69) is 5.32 Å². The quantitative estimate of drug-likeness (QED) is 0.816. The number of rotatable bonds is 5. The fraction of sp³-hybridized carbons (Fsp3) is 0.455. The summed E-state index contributed by atoms with van der Waals surface area (Å²) in [4.78, 5) is 0. The summed E-state index contributed by atoms with van der Waals surface area (Å²) in [7, 11) is 0. The van der Waals surface area contributed by atoms with Crippen LogP contribution in [-0.2, 0) is 0 Å². The molecule has 1 aromatic carbocycles. The minimum atomic E-state index is -2.76. The fourth-order valence-corrected chi connectivity index (χ4v) is 1.26. The highest BCUT2D eigenvalue weighted by molar-refractivity contribution is 5.19. The topological polar surface area (TPSA) is 32.3 Å². The molecule has 0 aliphatic rings. The summed E-state index contributed by atoms with van der Waals surface area (Å²) < 4.78 is 36.6. The van der Waals surface area contributed by atoms with Crippen LogP contribution in [0.1, 0.15) is 18.5 Å². The van der Waals surface area contributed by atoms with Gasteiger partial charge in [0.05, 0.1) is 0 Å². The van der Waals surface area contributed by atoms with Gasteiger partial charge in [0.15, 0.2) is 0 Å². The van der Waals surface area contributed by atoms with E-state index in [9.17, 15) is 13.2 Å². The van der Waals surface area contributed by atoms with E-state index in [0.717, 1.165) is 5.56 Å². The van der Waals surface area contributed by atoms with Gasteiger partial charge in [-0.1, -0.05) is 12.1 Å². The molecule has 0 aliphatic heterocycles. The first kappa shape index (κ1) is 13.0. The van der Waals surface area contributed by atoms with Crippen LogP contribution in [0.15, 0.2) is 24.3 Å². The molecular formula is C11H14F3NO. The van der Waals surface area contributed by atoms with Gasteiger partial charge in [0, 0.05) is 12.6 Å². The maximum atomic E-state index is 12.6. The van der Waals surface area contributed by atoms with Gasteiger partial charge < -0.3 is 10.4 Å². The molecule has 1 aromatic rings. The molecule has 0 saturated carbocycles. The van der Waals surface area contributed by atoms with Crippen molar-refractivity contribution in [3.63, 3.8) is 0 Å². The van der Waals surface area contributed by atoms with Crippen molar-refractivity contribution < 1.29 is 18.3 Å². The molecule has 5 heteroatoms. The van der Waals surface area contributed by atoms with Gasteiger partial charge in [0.2, 0.25) is 0 Å². The Kier molecular flexibility index (Phi) is 4.76. The molecule has 0 fully saturated rings. The molecule has 90 valence electrons. The minimum Gasteiger partial charge on any atom is -0.386 e. The Morgan fingerprint density at radius 3 is 2.31 bits per heavy atom. The first-order valence-corrected chi connectivity index (χ1v) is 4.95. The Morgan fingerprint density at radius 2 is 1.81 bits per heavy atom. The molecule has 0 spiro atoms. The minimum absolute atomic E-state index is 0.198. The molecule has 0 aliphatic carbocycles. The van der Waals surface area contributed by atoms with Crippen LogP contribution < -0.4 is 5.32 Å². The lowest BCUT2D eigenvalue weighted by atomic mass is 10.1. The van der Waals surface area contributed by atoms with Crippen molar-refractivity contribution >= 4 is 0 Å². The Morgan fingerprint density at radius 1 is 1.25 bits per heavy atom. The van der Waals surface area contributed by atoms with E-state index in [0.29, 0.717) is 0 Å². The van der Waals surface area contributed by atoms with Gasteiger partial charge in [-0.05, 0) is 24.6 Å². The Hall–Kier alpha value is -1.07. The molecule has 2 atom stereocenters. The normalized spacial score (nSPS) is 15.1. The van der Waals surface area contributed by atoms with E-state index >= 15 is 0 Å². The van der Waals surface area contributed by atoms with Crippen molar-refractivity contribution in [1.82, 2.24) is 5.32 Å². The largest absolute Gasteiger partial charge is 0.386 e. The number of hydrogen-bond donors (Lipinski definition) is 2. The zero-order valence-corrected chi connectivity index (χ0v) is 8.83. The van der Waals surface area contributed by atoms with Crippen molar-refractivity contribution in [1.29, 1.82) is 0 Å². The van der Waals surface area contributed by atoms with E-state index in [1.165, 1.54) is 12.1 Å². The molecular weight excluding hydrogens is 219 g/mol. The number of benzene rings is 1. The van der Waals surface area contributed by atoms with Crippen LogP contribution >= 0.6 is 0 Å². The van der Waals surface area contributed by atoms with Crippen LogP contribution in [0.3, 0.4) is 0 Å². The fourth-order valence-electron chi connectivity index (χ4n) is 1.26. The second kappa shape index (κ2) is 5.86. The zero-order chi connectivity index (χ0) is 12.1. The van der Waals surface area contributed by atoms with E-state index in [1.807, 2.05) is 0 Å². The molecule has 2 N–H and O–H groups in total. The van der Waals surface area contributed by atoms with Gasteiger partial charge in [-0.2, -0.15) is 0 Å². The summed E-state index contributed by atoms with van der Waals surface area (Å²) in [5.41, 5.74) is 0.780. The number of nitrogens with one attached hydrogen (secondary N) is 1. The van der Waals surface area contributed by atoms with Crippen LogP contribution in [-0.4, -0.2) is 24.2 Å². The molecule has 0 bridgehead atoms.